The second kappa shape index (κ2) is 10.8. The van der Waals surface area contributed by atoms with Crippen molar-refractivity contribution >= 4 is 18.0 Å². The molecule has 9 nitrogen and oxygen atoms in total. The second-order valence-corrected chi connectivity index (χ2v) is 8.98. The molecule has 0 radical (unpaired) electrons. The van der Waals surface area contributed by atoms with E-state index in [1.54, 1.807) is 7.11 Å². The number of urea groups is 1. The van der Waals surface area contributed by atoms with Crippen molar-refractivity contribution in [1.29, 1.82) is 0 Å². The number of benzene rings is 2. The topological polar surface area (TPSA) is 100 Å². The zero-order chi connectivity index (χ0) is 24.8. The average Bonchev–Trinajstić information content (AvgIpc) is 3.12. The van der Waals surface area contributed by atoms with Crippen LogP contribution in [-0.4, -0.2) is 67.2 Å². The number of likely N-dealkylation sites (tertiary alicyclic amines) is 1. The largest absolute Gasteiger partial charge is 0.497 e. The van der Waals surface area contributed by atoms with Gasteiger partial charge in [0, 0.05) is 19.6 Å². The molecule has 1 atom stereocenters. The Morgan fingerprint density at radius 1 is 1.06 bits per heavy atom. The van der Waals surface area contributed by atoms with Crippen molar-refractivity contribution < 1.29 is 23.9 Å². The van der Waals surface area contributed by atoms with Gasteiger partial charge in [0.05, 0.1) is 26.8 Å². The third-order valence-corrected chi connectivity index (χ3v) is 6.87. The average molecular weight is 481 g/mol. The Morgan fingerprint density at radius 3 is 2.37 bits per heavy atom. The van der Waals surface area contributed by atoms with Gasteiger partial charge in [-0.1, -0.05) is 42.5 Å². The maximum absolute atomic E-state index is 13.3. The van der Waals surface area contributed by atoms with Crippen molar-refractivity contribution in [2.45, 2.75) is 37.4 Å². The Bertz CT molecular complexity index is 1040. The number of methoxy groups -OCH3 is 2. The van der Waals surface area contributed by atoms with Crippen LogP contribution in [0.5, 0.6) is 5.75 Å². The molecule has 2 aliphatic heterocycles. The Hall–Kier alpha value is -3.59. The van der Waals surface area contributed by atoms with Gasteiger partial charge < -0.3 is 25.0 Å². The van der Waals surface area contributed by atoms with E-state index in [2.05, 4.69) is 15.5 Å². The summed E-state index contributed by atoms with van der Waals surface area (Å²) in [5.74, 6) is 0.568. The summed E-state index contributed by atoms with van der Waals surface area (Å²) in [7, 11) is 2.95. The number of carbonyl (C=O) groups is 3. The molecule has 1 unspecified atom stereocenters. The molecule has 2 aromatic rings. The summed E-state index contributed by atoms with van der Waals surface area (Å²) in [6, 6.07) is 16.6. The van der Waals surface area contributed by atoms with Gasteiger partial charge in [0.2, 0.25) is 0 Å². The number of rotatable bonds is 8. The molecule has 4 amide bonds. The molecule has 2 fully saturated rings. The first kappa shape index (κ1) is 24.5. The minimum atomic E-state index is -0.844. The van der Waals surface area contributed by atoms with Crippen LogP contribution in [0.3, 0.4) is 0 Å². The van der Waals surface area contributed by atoms with E-state index in [4.69, 9.17) is 9.47 Å². The molecule has 186 valence electrons. The monoisotopic (exact) mass is 480 g/mol. The molecule has 9 heteroatoms. The highest BCUT2D eigenvalue weighted by atomic mass is 16.5. The maximum Gasteiger partial charge on any atom is 0.407 e. The molecule has 35 heavy (non-hydrogen) atoms. The van der Waals surface area contributed by atoms with Crippen LogP contribution in [0, 0.1) is 0 Å². The number of imide groups is 1. The number of nitrogens with one attached hydrogen (secondary N) is 2. The van der Waals surface area contributed by atoms with Gasteiger partial charge in [-0.3, -0.25) is 9.69 Å². The predicted molar refractivity (Wildman–Crippen MR) is 130 cm³/mol. The lowest BCUT2D eigenvalue weighted by atomic mass is 9.87. The fourth-order valence-electron chi connectivity index (χ4n) is 4.75. The first-order valence-corrected chi connectivity index (χ1v) is 11.8. The van der Waals surface area contributed by atoms with Gasteiger partial charge in [-0.2, -0.15) is 0 Å². The second-order valence-electron chi connectivity index (χ2n) is 8.98. The van der Waals surface area contributed by atoms with Crippen LogP contribution in [0.2, 0.25) is 0 Å². The number of ether oxygens (including phenoxy) is 2. The summed E-state index contributed by atoms with van der Waals surface area (Å²) in [4.78, 5) is 41.4. The summed E-state index contributed by atoms with van der Waals surface area (Å²) in [6.07, 6.45) is 1.34. The summed E-state index contributed by atoms with van der Waals surface area (Å²) in [5.41, 5.74) is 1.04. The molecular formula is C26H32N4O5. The fraction of sp³-hybridized carbons (Fsp3) is 0.423. The van der Waals surface area contributed by atoms with E-state index in [9.17, 15) is 14.4 Å². The van der Waals surface area contributed by atoms with Crippen LogP contribution >= 0.6 is 0 Å². The van der Waals surface area contributed by atoms with Crippen LogP contribution < -0.4 is 15.4 Å². The van der Waals surface area contributed by atoms with E-state index in [1.165, 1.54) is 12.0 Å². The molecule has 0 bridgehead atoms. The summed E-state index contributed by atoms with van der Waals surface area (Å²) in [6.45, 7) is 2.35. The highest BCUT2D eigenvalue weighted by Crippen LogP contribution is 2.31. The van der Waals surface area contributed by atoms with Crippen LogP contribution in [0.4, 0.5) is 9.59 Å². The Morgan fingerprint density at radius 2 is 1.74 bits per heavy atom. The third kappa shape index (κ3) is 5.57. The standard InChI is InChI=1S/C26H32N4O5/c1-34-21-10-8-19(9-11-21)18-30-23(31)26(28-24(30)32)13-16-29(17-14-26)15-12-22(27-25(33)35-2)20-6-4-3-5-7-20/h3-11,22H,12-18H2,1-2H3,(H,27,33)(H,28,32). The maximum atomic E-state index is 13.3. The number of carbonyl (C=O) groups excluding carboxylic acids is 3. The molecule has 0 saturated carbocycles. The van der Waals surface area contributed by atoms with Crippen molar-refractivity contribution in [1.82, 2.24) is 20.4 Å². The smallest absolute Gasteiger partial charge is 0.407 e. The molecule has 2 aliphatic rings. The van der Waals surface area contributed by atoms with Crippen LogP contribution in [0.1, 0.15) is 36.4 Å². The summed E-state index contributed by atoms with van der Waals surface area (Å²) < 4.78 is 9.97. The molecule has 0 aliphatic carbocycles. The lowest BCUT2D eigenvalue weighted by Crippen LogP contribution is -2.55. The van der Waals surface area contributed by atoms with Gasteiger partial charge in [0.1, 0.15) is 11.3 Å². The van der Waals surface area contributed by atoms with E-state index >= 15 is 0 Å². The Labute approximate surface area is 205 Å². The zero-order valence-corrected chi connectivity index (χ0v) is 20.2. The number of hydrogen-bond donors (Lipinski definition) is 2. The number of piperidine rings is 1. The zero-order valence-electron chi connectivity index (χ0n) is 20.2. The number of nitrogens with zero attached hydrogens (tertiary/aromatic N) is 2. The Balaban J connectivity index is 1.33. The lowest BCUT2D eigenvalue weighted by molar-refractivity contribution is -0.133. The van der Waals surface area contributed by atoms with E-state index in [1.807, 2.05) is 54.6 Å². The molecular weight excluding hydrogens is 448 g/mol. The fourth-order valence-corrected chi connectivity index (χ4v) is 4.75. The van der Waals surface area contributed by atoms with E-state index in [-0.39, 0.29) is 24.5 Å². The first-order valence-electron chi connectivity index (χ1n) is 11.8. The van der Waals surface area contributed by atoms with Crippen molar-refractivity contribution in [2.24, 2.45) is 0 Å². The van der Waals surface area contributed by atoms with Crippen molar-refractivity contribution in [2.75, 3.05) is 33.9 Å². The minimum Gasteiger partial charge on any atom is -0.497 e. The number of alkyl carbamates (subject to hydrolysis) is 1. The SMILES string of the molecule is COC(=O)NC(CCN1CCC2(CC1)NC(=O)N(Cc1ccc(OC)cc1)C2=O)c1ccccc1. The number of amides is 4. The van der Waals surface area contributed by atoms with Crippen molar-refractivity contribution in [3.8, 4) is 5.75 Å². The first-order chi connectivity index (χ1) is 16.9. The summed E-state index contributed by atoms with van der Waals surface area (Å²) in [5, 5.41) is 5.88. The lowest BCUT2D eigenvalue weighted by Gasteiger charge is -2.37. The van der Waals surface area contributed by atoms with Crippen LogP contribution in [0.25, 0.3) is 0 Å². The van der Waals surface area contributed by atoms with Gasteiger partial charge in [0.15, 0.2) is 0 Å². The van der Waals surface area contributed by atoms with E-state index in [0.717, 1.165) is 23.4 Å². The number of hydrogen-bond acceptors (Lipinski definition) is 6. The van der Waals surface area contributed by atoms with Gasteiger partial charge >= 0.3 is 12.1 Å². The third-order valence-electron chi connectivity index (χ3n) is 6.87. The highest BCUT2D eigenvalue weighted by Gasteiger charge is 2.52. The predicted octanol–water partition coefficient (Wildman–Crippen LogP) is 3.07. The minimum absolute atomic E-state index is 0.160. The molecule has 0 aromatic heterocycles. The molecule has 1 spiro atoms. The quantitative estimate of drug-likeness (QED) is 0.564. The van der Waals surface area contributed by atoms with E-state index < -0.39 is 11.6 Å². The van der Waals surface area contributed by atoms with Gasteiger partial charge in [-0.25, -0.2) is 9.59 Å². The van der Waals surface area contributed by atoms with Crippen molar-refractivity contribution in [3.05, 3.63) is 65.7 Å². The van der Waals surface area contributed by atoms with Crippen LogP contribution in [-0.2, 0) is 16.1 Å². The highest BCUT2D eigenvalue weighted by molar-refractivity contribution is 6.07. The van der Waals surface area contributed by atoms with Gasteiger partial charge in [-0.05, 0) is 42.5 Å². The van der Waals surface area contributed by atoms with E-state index in [0.29, 0.717) is 32.4 Å². The molecule has 2 heterocycles. The molecule has 2 N–H and O–H groups in total. The van der Waals surface area contributed by atoms with Crippen LogP contribution in [0.15, 0.2) is 54.6 Å². The van der Waals surface area contributed by atoms with Crippen molar-refractivity contribution in [3.63, 3.8) is 0 Å². The summed E-state index contributed by atoms with van der Waals surface area (Å²) >= 11 is 0. The van der Waals surface area contributed by atoms with Gasteiger partial charge in [0.25, 0.3) is 5.91 Å². The molecule has 2 aromatic carbocycles. The Kier molecular flexibility index (Phi) is 7.55. The molecule has 2 saturated heterocycles. The normalized spacial score (nSPS) is 18.3. The van der Waals surface area contributed by atoms with Gasteiger partial charge in [-0.15, -0.1) is 0 Å². The molecule has 4 rings (SSSR count).